The summed E-state index contributed by atoms with van der Waals surface area (Å²) in [5.41, 5.74) is 2.94. The van der Waals surface area contributed by atoms with Gasteiger partial charge >= 0.3 is 0 Å². The van der Waals surface area contributed by atoms with Crippen LogP contribution in [0.5, 0.6) is 0 Å². The van der Waals surface area contributed by atoms with Crippen molar-refractivity contribution < 1.29 is 0 Å². The predicted molar refractivity (Wildman–Crippen MR) is 84.7 cm³/mol. The molecule has 0 bridgehead atoms. The molecule has 6 heteroatoms. The average Bonchev–Trinajstić information content (AvgIpc) is 2.85. The van der Waals surface area contributed by atoms with Crippen molar-refractivity contribution in [2.24, 2.45) is 0 Å². The maximum absolute atomic E-state index is 4.53. The lowest BCUT2D eigenvalue weighted by atomic mass is 10.2. The van der Waals surface area contributed by atoms with Gasteiger partial charge in [0, 0.05) is 29.6 Å². The van der Waals surface area contributed by atoms with Gasteiger partial charge in [0.15, 0.2) is 11.5 Å². The van der Waals surface area contributed by atoms with Crippen LogP contribution in [0.4, 0.5) is 17.3 Å². The lowest BCUT2D eigenvalue weighted by Crippen LogP contribution is -2.02. The normalized spacial score (nSPS) is 10.8. The Bertz CT molecular complexity index is 745. The molecule has 0 amide bonds. The Morgan fingerprint density at radius 1 is 1.25 bits per heavy atom. The Kier molecular flexibility index (Phi) is 3.31. The molecule has 1 aromatic carbocycles. The Morgan fingerprint density at radius 2 is 2.10 bits per heavy atom. The zero-order chi connectivity index (χ0) is 14.1. The zero-order valence-electron chi connectivity index (χ0n) is 11.2. The molecule has 0 saturated heterocycles. The van der Waals surface area contributed by atoms with Crippen molar-refractivity contribution >= 4 is 38.9 Å². The van der Waals surface area contributed by atoms with E-state index in [0.29, 0.717) is 0 Å². The minimum absolute atomic E-state index is 0.722. The standard InChI is InChI=1S/C14H14BrN5/c1-9-5-10(15)7-11(6-9)18-13-14-17-3-4-20(14)8-12(16-2)19-13/h3-8,16H,1-2H3,(H,18,19). The number of rotatable bonds is 3. The molecule has 0 aliphatic carbocycles. The number of benzene rings is 1. The number of aromatic nitrogens is 3. The molecular formula is C14H14BrN5. The van der Waals surface area contributed by atoms with Gasteiger partial charge in [-0.2, -0.15) is 0 Å². The third-order valence-corrected chi connectivity index (χ3v) is 3.39. The van der Waals surface area contributed by atoms with E-state index in [2.05, 4.69) is 55.6 Å². The van der Waals surface area contributed by atoms with Gasteiger partial charge in [-0.1, -0.05) is 15.9 Å². The minimum Gasteiger partial charge on any atom is -0.372 e. The van der Waals surface area contributed by atoms with Crippen LogP contribution in [-0.4, -0.2) is 21.4 Å². The number of halogens is 1. The monoisotopic (exact) mass is 331 g/mol. The highest BCUT2D eigenvalue weighted by molar-refractivity contribution is 9.10. The smallest absolute Gasteiger partial charge is 0.180 e. The van der Waals surface area contributed by atoms with E-state index in [9.17, 15) is 0 Å². The van der Waals surface area contributed by atoms with E-state index in [1.165, 1.54) is 5.56 Å². The number of hydrogen-bond donors (Lipinski definition) is 2. The second kappa shape index (κ2) is 5.13. The van der Waals surface area contributed by atoms with Crippen molar-refractivity contribution in [3.8, 4) is 0 Å². The number of nitrogens with one attached hydrogen (secondary N) is 2. The van der Waals surface area contributed by atoms with Crippen LogP contribution in [0.15, 0.2) is 41.3 Å². The van der Waals surface area contributed by atoms with E-state index in [-0.39, 0.29) is 0 Å². The highest BCUT2D eigenvalue weighted by Crippen LogP contribution is 2.24. The molecule has 0 spiro atoms. The molecule has 0 atom stereocenters. The summed E-state index contributed by atoms with van der Waals surface area (Å²) < 4.78 is 2.97. The van der Waals surface area contributed by atoms with Gasteiger partial charge in [-0.25, -0.2) is 9.97 Å². The summed E-state index contributed by atoms with van der Waals surface area (Å²) in [6.45, 7) is 2.05. The number of anilines is 3. The van der Waals surface area contributed by atoms with Gasteiger partial charge < -0.3 is 15.0 Å². The predicted octanol–water partition coefficient (Wildman–Crippen LogP) is 3.59. The van der Waals surface area contributed by atoms with E-state index in [1.54, 1.807) is 6.20 Å². The fourth-order valence-corrected chi connectivity index (χ4v) is 2.69. The maximum Gasteiger partial charge on any atom is 0.180 e. The summed E-state index contributed by atoms with van der Waals surface area (Å²) in [4.78, 5) is 8.86. The SMILES string of the molecule is CNc1cn2ccnc2c(Nc2cc(C)cc(Br)c2)n1. The number of imidazole rings is 1. The average molecular weight is 332 g/mol. The first-order chi connectivity index (χ1) is 9.65. The van der Waals surface area contributed by atoms with Crippen molar-refractivity contribution in [1.29, 1.82) is 0 Å². The second-order valence-corrected chi connectivity index (χ2v) is 5.44. The van der Waals surface area contributed by atoms with Gasteiger partial charge in [-0.15, -0.1) is 0 Å². The topological polar surface area (TPSA) is 54.2 Å². The van der Waals surface area contributed by atoms with E-state index in [4.69, 9.17) is 0 Å². The van der Waals surface area contributed by atoms with Crippen LogP contribution in [0.25, 0.3) is 5.65 Å². The van der Waals surface area contributed by atoms with Crippen LogP contribution < -0.4 is 10.6 Å². The first-order valence-corrected chi connectivity index (χ1v) is 7.01. The maximum atomic E-state index is 4.53. The molecule has 0 fully saturated rings. The Balaban J connectivity index is 2.07. The van der Waals surface area contributed by atoms with Gasteiger partial charge in [0.05, 0.1) is 6.20 Å². The zero-order valence-corrected chi connectivity index (χ0v) is 12.8. The molecule has 2 heterocycles. The molecule has 20 heavy (non-hydrogen) atoms. The molecule has 3 aromatic rings. The quantitative estimate of drug-likeness (QED) is 0.770. The first kappa shape index (κ1) is 12.9. The summed E-state index contributed by atoms with van der Waals surface area (Å²) in [5, 5.41) is 6.37. The molecule has 0 aliphatic rings. The molecule has 0 unspecified atom stereocenters. The summed E-state index contributed by atoms with van der Waals surface area (Å²) in [7, 11) is 1.85. The van der Waals surface area contributed by atoms with Gasteiger partial charge in [0.1, 0.15) is 5.82 Å². The number of nitrogens with zero attached hydrogens (tertiary/aromatic N) is 3. The minimum atomic E-state index is 0.722. The fraction of sp³-hybridized carbons (Fsp3) is 0.143. The van der Waals surface area contributed by atoms with Gasteiger partial charge in [0.2, 0.25) is 0 Å². The summed E-state index contributed by atoms with van der Waals surface area (Å²) in [6.07, 6.45) is 5.56. The van der Waals surface area contributed by atoms with E-state index in [1.807, 2.05) is 29.9 Å². The highest BCUT2D eigenvalue weighted by atomic mass is 79.9. The third-order valence-electron chi connectivity index (χ3n) is 2.94. The van der Waals surface area contributed by atoms with Crippen molar-refractivity contribution in [1.82, 2.24) is 14.4 Å². The van der Waals surface area contributed by atoms with E-state index < -0.39 is 0 Å². The van der Waals surface area contributed by atoms with Gasteiger partial charge in [0.25, 0.3) is 0 Å². The lowest BCUT2D eigenvalue weighted by molar-refractivity contribution is 1.12. The van der Waals surface area contributed by atoms with Crippen LogP contribution in [0.2, 0.25) is 0 Å². The Labute approximate surface area is 125 Å². The lowest BCUT2D eigenvalue weighted by Gasteiger charge is -2.10. The largest absolute Gasteiger partial charge is 0.372 e. The molecule has 3 rings (SSSR count). The third kappa shape index (κ3) is 2.46. The van der Waals surface area contributed by atoms with Crippen LogP contribution in [0, 0.1) is 6.92 Å². The fourth-order valence-electron chi connectivity index (χ4n) is 2.08. The molecule has 5 nitrogen and oxygen atoms in total. The Morgan fingerprint density at radius 3 is 2.85 bits per heavy atom. The summed E-state index contributed by atoms with van der Waals surface area (Å²) in [6, 6.07) is 6.14. The van der Waals surface area contributed by atoms with Crippen LogP contribution in [0.1, 0.15) is 5.56 Å². The van der Waals surface area contributed by atoms with Gasteiger partial charge in [-0.3, -0.25) is 0 Å². The number of fused-ring (bicyclic) bond motifs is 1. The summed E-state index contributed by atoms with van der Waals surface area (Å²) >= 11 is 3.50. The van der Waals surface area contributed by atoms with Crippen molar-refractivity contribution in [3.05, 3.63) is 46.8 Å². The van der Waals surface area contributed by atoms with Crippen molar-refractivity contribution in [2.75, 3.05) is 17.7 Å². The van der Waals surface area contributed by atoms with Gasteiger partial charge in [-0.05, 0) is 30.7 Å². The second-order valence-electron chi connectivity index (χ2n) is 4.53. The molecule has 0 radical (unpaired) electrons. The van der Waals surface area contributed by atoms with Crippen molar-refractivity contribution in [2.45, 2.75) is 6.92 Å². The molecule has 102 valence electrons. The molecule has 0 aliphatic heterocycles. The van der Waals surface area contributed by atoms with Crippen LogP contribution in [0.3, 0.4) is 0 Å². The molecular weight excluding hydrogens is 318 g/mol. The first-order valence-electron chi connectivity index (χ1n) is 6.21. The highest BCUT2D eigenvalue weighted by Gasteiger charge is 2.08. The Hall–Kier alpha value is -2.08. The van der Waals surface area contributed by atoms with Crippen molar-refractivity contribution in [3.63, 3.8) is 0 Å². The number of hydrogen-bond acceptors (Lipinski definition) is 4. The van der Waals surface area contributed by atoms with E-state index >= 15 is 0 Å². The van der Waals surface area contributed by atoms with Crippen LogP contribution in [-0.2, 0) is 0 Å². The molecule has 2 N–H and O–H groups in total. The molecule has 2 aromatic heterocycles. The van der Waals surface area contributed by atoms with Crippen LogP contribution >= 0.6 is 15.9 Å². The van der Waals surface area contributed by atoms with E-state index in [0.717, 1.165) is 27.4 Å². The number of aryl methyl sites for hydroxylation is 1. The molecule has 0 saturated carbocycles. The summed E-state index contributed by atoms with van der Waals surface area (Å²) in [5.74, 6) is 1.50.